The molecule has 10 nitrogen and oxygen atoms in total. The number of imide groups is 1. The molecule has 1 fully saturated rings. The van der Waals surface area contributed by atoms with Crippen molar-refractivity contribution in [2.24, 2.45) is 0 Å². The summed E-state index contributed by atoms with van der Waals surface area (Å²) in [6.07, 6.45) is 0. The largest absolute Gasteiger partial charge is 0.493 e. The van der Waals surface area contributed by atoms with Crippen LogP contribution in [0.2, 0.25) is 0 Å². The number of benzene rings is 2. The van der Waals surface area contributed by atoms with Gasteiger partial charge in [0.1, 0.15) is 12.1 Å². The average molecular weight is 454 g/mol. The van der Waals surface area contributed by atoms with Crippen LogP contribution in [0.15, 0.2) is 42.5 Å². The fraction of sp³-hybridized carbons (Fsp3) is 0.304. The Hall–Kier alpha value is -4.08. The minimum absolute atomic E-state index is 0.165. The van der Waals surface area contributed by atoms with E-state index in [1.807, 2.05) is 0 Å². The van der Waals surface area contributed by atoms with Gasteiger partial charge in [-0.2, -0.15) is 0 Å². The number of nitrogens with one attached hydrogen (secondary N) is 2. The van der Waals surface area contributed by atoms with Gasteiger partial charge in [0.2, 0.25) is 5.91 Å². The van der Waals surface area contributed by atoms with Gasteiger partial charge in [0.25, 0.3) is 11.8 Å². The summed E-state index contributed by atoms with van der Waals surface area (Å²) in [6.45, 7) is 1.10. The molecule has 2 N–H and O–H groups in total. The van der Waals surface area contributed by atoms with Gasteiger partial charge in [-0.25, -0.2) is 4.79 Å². The zero-order valence-corrected chi connectivity index (χ0v) is 19.1. The first-order valence-electron chi connectivity index (χ1n) is 10.1. The molecule has 10 heteroatoms. The number of rotatable bonds is 7. The Morgan fingerprint density at radius 1 is 1.03 bits per heavy atom. The molecule has 0 spiro atoms. The second kappa shape index (κ2) is 9.19. The molecule has 3 rings (SSSR count). The quantitative estimate of drug-likeness (QED) is 0.617. The Bertz CT molecular complexity index is 1100. The monoisotopic (exact) mass is 454 g/mol. The minimum Gasteiger partial charge on any atom is -0.493 e. The number of hydrogen-bond donors (Lipinski definition) is 2. The van der Waals surface area contributed by atoms with Gasteiger partial charge in [0.05, 0.1) is 14.2 Å². The van der Waals surface area contributed by atoms with Gasteiger partial charge in [0, 0.05) is 25.3 Å². The highest BCUT2D eigenvalue weighted by Gasteiger charge is 2.49. The van der Waals surface area contributed by atoms with Crippen molar-refractivity contribution in [3.63, 3.8) is 0 Å². The van der Waals surface area contributed by atoms with Crippen LogP contribution < -0.4 is 20.1 Å². The second-order valence-electron chi connectivity index (χ2n) is 7.84. The van der Waals surface area contributed by atoms with Crippen LogP contribution in [-0.2, 0) is 15.1 Å². The van der Waals surface area contributed by atoms with Crippen molar-refractivity contribution in [2.75, 3.05) is 40.2 Å². The second-order valence-corrected chi connectivity index (χ2v) is 7.84. The smallest absolute Gasteiger partial charge is 0.325 e. The molecule has 1 unspecified atom stereocenters. The number of carbonyl (C=O) groups is 4. The minimum atomic E-state index is -1.37. The number of amides is 5. The predicted octanol–water partition coefficient (Wildman–Crippen LogP) is 1.81. The molecule has 0 bridgehead atoms. The molecule has 1 atom stereocenters. The van der Waals surface area contributed by atoms with E-state index in [0.717, 1.165) is 4.90 Å². The van der Waals surface area contributed by atoms with E-state index in [9.17, 15) is 19.2 Å². The maximum absolute atomic E-state index is 13.1. The van der Waals surface area contributed by atoms with Crippen LogP contribution in [0.5, 0.6) is 11.5 Å². The number of urea groups is 1. The summed E-state index contributed by atoms with van der Waals surface area (Å²) >= 11 is 0. The first kappa shape index (κ1) is 23.6. The predicted molar refractivity (Wildman–Crippen MR) is 120 cm³/mol. The molecule has 1 aliphatic heterocycles. The molecule has 1 aliphatic rings. The lowest BCUT2D eigenvalue weighted by atomic mass is 9.91. The third kappa shape index (κ3) is 4.59. The highest BCUT2D eigenvalue weighted by molar-refractivity contribution is 6.10. The Kier molecular flexibility index (Phi) is 6.57. The summed E-state index contributed by atoms with van der Waals surface area (Å²) in [5.74, 6) is -0.396. The fourth-order valence-corrected chi connectivity index (χ4v) is 3.48. The maximum Gasteiger partial charge on any atom is 0.325 e. The molecule has 5 amide bonds. The van der Waals surface area contributed by atoms with Crippen molar-refractivity contribution in [2.45, 2.75) is 12.5 Å². The number of ether oxygens (including phenoxy) is 2. The van der Waals surface area contributed by atoms with Crippen LogP contribution in [0.25, 0.3) is 0 Å². The van der Waals surface area contributed by atoms with E-state index >= 15 is 0 Å². The van der Waals surface area contributed by atoms with E-state index in [1.54, 1.807) is 63.5 Å². The molecule has 0 radical (unpaired) electrons. The highest BCUT2D eigenvalue weighted by atomic mass is 16.5. The van der Waals surface area contributed by atoms with E-state index in [1.165, 1.54) is 19.1 Å². The van der Waals surface area contributed by atoms with Gasteiger partial charge in [-0.05, 0) is 48.9 Å². The molecule has 33 heavy (non-hydrogen) atoms. The molecule has 2 aromatic carbocycles. The standard InChI is InChI=1S/C23H26N4O6/c1-23(15-8-11-17(32-4)18(12-15)33-5)21(30)27(22(31)25-23)13-19(28)24-16-9-6-14(7-10-16)20(29)26(2)3/h6-12H,13H2,1-5H3,(H,24,28)(H,25,31). The first-order chi connectivity index (χ1) is 15.6. The van der Waals surface area contributed by atoms with Gasteiger partial charge >= 0.3 is 6.03 Å². The molecule has 174 valence electrons. The van der Waals surface area contributed by atoms with E-state index in [0.29, 0.717) is 28.3 Å². The molecule has 2 aromatic rings. The average Bonchev–Trinajstić information content (AvgIpc) is 3.02. The fourth-order valence-electron chi connectivity index (χ4n) is 3.48. The molecular formula is C23H26N4O6. The third-order valence-corrected chi connectivity index (χ3v) is 5.36. The lowest BCUT2D eigenvalue weighted by Crippen LogP contribution is -2.42. The summed E-state index contributed by atoms with van der Waals surface area (Å²) in [7, 11) is 6.26. The zero-order valence-electron chi connectivity index (χ0n) is 19.1. The van der Waals surface area contributed by atoms with Gasteiger partial charge in [-0.15, -0.1) is 0 Å². The molecule has 1 saturated heterocycles. The molecular weight excluding hydrogens is 428 g/mol. The molecule has 0 aliphatic carbocycles. The third-order valence-electron chi connectivity index (χ3n) is 5.36. The van der Waals surface area contributed by atoms with Gasteiger partial charge < -0.3 is 25.0 Å². The van der Waals surface area contributed by atoms with E-state index in [2.05, 4.69) is 10.6 Å². The number of nitrogens with zero attached hydrogens (tertiary/aromatic N) is 2. The first-order valence-corrected chi connectivity index (χ1v) is 10.1. The van der Waals surface area contributed by atoms with E-state index in [4.69, 9.17) is 9.47 Å². The molecule has 0 aromatic heterocycles. The number of hydrogen-bond acceptors (Lipinski definition) is 6. The van der Waals surface area contributed by atoms with Crippen LogP contribution in [0.4, 0.5) is 10.5 Å². The lowest BCUT2D eigenvalue weighted by molar-refractivity contribution is -0.133. The van der Waals surface area contributed by atoms with Gasteiger partial charge in [0.15, 0.2) is 11.5 Å². The Labute approximate surface area is 191 Å². The van der Waals surface area contributed by atoms with Crippen LogP contribution in [0.1, 0.15) is 22.8 Å². The summed E-state index contributed by atoms with van der Waals surface area (Å²) in [6, 6.07) is 10.5. The van der Waals surface area contributed by atoms with Crippen molar-refractivity contribution in [3.05, 3.63) is 53.6 Å². The molecule has 1 heterocycles. The van der Waals surface area contributed by atoms with Gasteiger partial charge in [-0.3, -0.25) is 19.3 Å². The van der Waals surface area contributed by atoms with E-state index < -0.39 is 29.9 Å². The summed E-state index contributed by atoms with van der Waals surface area (Å²) < 4.78 is 10.5. The Balaban J connectivity index is 1.72. The van der Waals surface area contributed by atoms with Crippen molar-refractivity contribution in [3.8, 4) is 11.5 Å². The highest BCUT2D eigenvalue weighted by Crippen LogP contribution is 2.35. The van der Waals surface area contributed by atoms with Crippen molar-refractivity contribution in [1.29, 1.82) is 0 Å². The number of methoxy groups -OCH3 is 2. The van der Waals surface area contributed by atoms with Crippen LogP contribution in [0.3, 0.4) is 0 Å². The number of anilines is 1. The van der Waals surface area contributed by atoms with Crippen molar-refractivity contribution in [1.82, 2.24) is 15.1 Å². The SMILES string of the molecule is COc1ccc(C2(C)NC(=O)N(CC(=O)Nc3ccc(C(=O)N(C)C)cc3)C2=O)cc1OC. The molecule has 0 saturated carbocycles. The van der Waals surface area contributed by atoms with Crippen LogP contribution >= 0.6 is 0 Å². The lowest BCUT2D eigenvalue weighted by Gasteiger charge is -2.23. The van der Waals surface area contributed by atoms with Crippen LogP contribution in [-0.4, -0.2) is 68.4 Å². The summed E-state index contributed by atoms with van der Waals surface area (Å²) in [5.41, 5.74) is 0.0239. The van der Waals surface area contributed by atoms with E-state index in [-0.39, 0.29) is 5.91 Å². The van der Waals surface area contributed by atoms with Crippen molar-refractivity contribution < 1.29 is 28.7 Å². The van der Waals surface area contributed by atoms with Crippen LogP contribution in [0, 0.1) is 0 Å². The summed E-state index contributed by atoms with van der Waals surface area (Å²) in [5, 5.41) is 5.29. The topological polar surface area (TPSA) is 117 Å². The van der Waals surface area contributed by atoms with Crippen molar-refractivity contribution >= 4 is 29.4 Å². The normalized spacial score (nSPS) is 17.4. The number of carbonyl (C=O) groups excluding carboxylic acids is 4. The Morgan fingerprint density at radius 3 is 2.24 bits per heavy atom. The Morgan fingerprint density at radius 2 is 1.67 bits per heavy atom. The van der Waals surface area contributed by atoms with Gasteiger partial charge in [-0.1, -0.05) is 6.07 Å². The summed E-state index contributed by atoms with van der Waals surface area (Å²) in [4.78, 5) is 52.4. The maximum atomic E-state index is 13.1. The zero-order chi connectivity index (χ0) is 24.3.